The molecule has 1 aromatic heterocycles. The fourth-order valence-electron chi connectivity index (χ4n) is 3.62. The monoisotopic (exact) mass is 392 g/mol. The molecule has 0 saturated heterocycles. The molecule has 0 N–H and O–H groups in total. The molecule has 148 valence electrons. The van der Waals surface area contributed by atoms with Crippen LogP contribution in [0.4, 0.5) is 17.6 Å². The van der Waals surface area contributed by atoms with Gasteiger partial charge in [0.2, 0.25) is 0 Å². The van der Waals surface area contributed by atoms with Gasteiger partial charge in [0.1, 0.15) is 5.82 Å². The molecule has 2 aliphatic heterocycles. The molecule has 0 fully saturated rings. The van der Waals surface area contributed by atoms with Crippen LogP contribution in [-0.4, -0.2) is 33.7 Å². The van der Waals surface area contributed by atoms with Crippen molar-refractivity contribution in [3.05, 3.63) is 58.4 Å². The highest BCUT2D eigenvalue weighted by Gasteiger charge is 2.31. The largest absolute Gasteiger partial charge is 0.416 e. The normalized spacial score (nSPS) is 17.9. The summed E-state index contributed by atoms with van der Waals surface area (Å²) >= 11 is 0. The third-order valence-corrected chi connectivity index (χ3v) is 5.17. The first-order chi connectivity index (χ1) is 13.4. The van der Waals surface area contributed by atoms with Crippen molar-refractivity contribution in [1.29, 1.82) is 0 Å². The molecule has 2 aromatic rings. The Morgan fingerprint density at radius 2 is 1.96 bits per heavy atom. The number of hydrogen-bond acceptors (Lipinski definition) is 4. The van der Waals surface area contributed by atoms with Gasteiger partial charge in [-0.15, -0.1) is 0 Å². The Kier molecular flexibility index (Phi) is 5.14. The number of rotatable bonds is 3. The second-order valence-electron chi connectivity index (χ2n) is 7.22. The van der Waals surface area contributed by atoms with Crippen LogP contribution in [0.2, 0.25) is 0 Å². The molecule has 2 aliphatic rings. The van der Waals surface area contributed by atoms with Gasteiger partial charge in [-0.25, -0.2) is 14.4 Å². The van der Waals surface area contributed by atoms with Gasteiger partial charge in [-0.05, 0) is 31.4 Å². The highest BCUT2D eigenvalue weighted by molar-refractivity contribution is 5.97. The number of aromatic nitrogens is 2. The molecule has 0 radical (unpaired) electrons. The number of nitrogens with zero attached hydrogens (tertiary/aromatic N) is 4. The lowest BCUT2D eigenvalue weighted by Gasteiger charge is -2.28. The Balaban J connectivity index is 1.47. The molecule has 4 rings (SSSR count). The van der Waals surface area contributed by atoms with Crippen LogP contribution in [0.15, 0.2) is 29.4 Å². The zero-order valence-corrected chi connectivity index (χ0v) is 15.3. The molecule has 8 heteroatoms. The summed E-state index contributed by atoms with van der Waals surface area (Å²) in [4.78, 5) is 15.6. The molecule has 28 heavy (non-hydrogen) atoms. The molecule has 4 nitrogen and oxygen atoms in total. The van der Waals surface area contributed by atoms with Crippen molar-refractivity contribution in [3.8, 4) is 0 Å². The minimum absolute atomic E-state index is 0.248. The van der Waals surface area contributed by atoms with Crippen LogP contribution in [0.3, 0.4) is 0 Å². The summed E-state index contributed by atoms with van der Waals surface area (Å²) < 4.78 is 52.2. The van der Waals surface area contributed by atoms with E-state index in [0.29, 0.717) is 31.4 Å². The summed E-state index contributed by atoms with van der Waals surface area (Å²) in [6.07, 6.45) is 1.05. The average Bonchev–Trinajstić information content (AvgIpc) is 2.69. The van der Waals surface area contributed by atoms with E-state index in [-0.39, 0.29) is 12.1 Å². The summed E-state index contributed by atoms with van der Waals surface area (Å²) in [5.41, 5.74) is 2.19. The smallest absolute Gasteiger partial charge is 0.294 e. The van der Waals surface area contributed by atoms with Crippen LogP contribution in [-0.2, 0) is 25.7 Å². The molecule has 0 aliphatic carbocycles. The first kappa shape index (κ1) is 19.0. The van der Waals surface area contributed by atoms with E-state index in [4.69, 9.17) is 0 Å². The lowest BCUT2D eigenvalue weighted by Crippen LogP contribution is -2.31. The number of aliphatic imine (C=N–C) groups is 1. The number of alkyl halides is 3. The van der Waals surface area contributed by atoms with E-state index in [9.17, 15) is 17.6 Å². The van der Waals surface area contributed by atoms with Crippen LogP contribution < -0.4 is 0 Å². The van der Waals surface area contributed by atoms with Crippen molar-refractivity contribution in [2.45, 2.75) is 44.9 Å². The van der Waals surface area contributed by atoms with Gasteiger partial charge in [-0.3, -0.25) is 9.89 Å². The summed E-state index contributed by atoms with van der Waals surface area (Å²) in [5.74, 6) is -0.136. The molecule has 0 amide bonds. The van der Waals surface area contributed by atoms with E-state index in [2.05, 4.69) is 15.0 Å². The van der Waals surface area contributed by atoms with Crippen LogP contribution in [0.1, 0.15) is 47.5 Å². The van der Waals surface area contributed by atoms with E-state index in [1.165, 1.54) is 6.07 Å². The molecule has 0 saturated carbocycles. The second-order valence-corrected chi connectivity index (χ2v) is 7.22. The minimum atomic E-state index is -4.54. The molecule has 3 heterocycles. The third-order valence-electron chi connectivity index (χ3n) is 5.17. The van der Waals surface area contributed by atoms with E-state index in [1.54, 1.807) is 6.20 Å². The van der Waals surface area contributed by atoms with Crippen molar-refractivity contribution in [3.63, 3.8) is 0 Å². The summed E-state index contributed by atoms with van der Waals surface area (Å²) in [6.45, 7) is 2.28. The van der Waals surface area contributed by atoms with Gasteiger partial charge in [-0.2, -0.15) is 13.2 Å². The fourth-order valence-corrected chi connectivity index (χ4v) is 3.62. The first-order valence-corrected chi connectivity index (χ1v) is 9.36. The van der Waals surface area contributed by atoms with Crippen molar-refractivity contribution in [2.24, 2.45) is 4.99 Å². The van der Waals surface area contributed by atoms with E-state index < -0.39 is 17.6 Å². The van der Waals surface area contributed by atoms with Gasteiger partial charge < -0.3 is 0 Å². The predicted molar refractivity (Wildman–Crippen MR) is 96.5 cm³/mol. The Morgan fingerprint density at radius 3 is 2.68 bits per heavy atom. The maximum atomic E-state index is 14.1. The lowest BCUT2D eigenvalue weighted by molar-refractivity contribution is -0.137. The fraction of sp³-hybridized carbons (Fsp3) is 0.450. The number of halogens is 4. The van der Waals surface area contributed by atoms with Gasteiger partial charge in [-0.1, -0.05) is 6.07 Å². The Labute approximate surface area is 160 Å². The zero-order chi connectivity index (χ0) is 19.7. The van der Waals surface area contributed by atoms with E-state index in [1.807, 2.05) is 4.90 Å². The maximum Gasteiger partial charge on any atom is 0.416 e. The minimum Gasteiger partial charge on any atom is -0.294 e. The van der Waals surface area contributed by atoms with Crippen LogP contribution in [0.5, 0.6) is 0 Å². The highest BCUT2D eigenvalue weighted by Crippen LogP contribution is 2.30. The van der Waals surface area contributed by atoms with Gasteiger partial charge in [0.15, 0.2) is 5.82 Å². The van der Waals surface area contributed by atoms with E-state index >= 15 is 0 Å². The average molecular weight is 392 g/mol. The molecule has 0 atom stereocenters. The standard InChI is InChI=1S/C20H20F4N4/c21-16-9-15(20(22,23)24)5-4-13(16)11-28-8-6-17-14(12-28)10-26-19(27-17)18-3-1-2-7-25-18/h4-5,9-10H,1-3,6-8,11-12H2. The molecule has 0 unspecified atom stereocenters. The molecule has 0 spiro atoms. The van der Waals surface area contributed by atoms with Crippen LogP contribution >= 0.6 is 0 Å². The van der Waals surface area contributed by atoms with E-state index in [0.717, 1.165) is 48.8 Å². The molecule has 1 aromatic carbocycles. The molecule has 0 bridgehead atoms. The quantitative estimate of drug-likeness (QED) is 0.737. The van der Waals surface area contributed by atoms with Crippen molar-refractivity contribution in [1.82, 2.24) is 14.9 Å². The summed E-state index contributed by atoms with van der Waals surface area (Å²) in [6, 6.07) is 2.71. The highest BCUT2D eigenvalue weighted by atomic mass is 19.4. The van der Waals surface area contributed by atoms with Gasteiger partial charge in [0, 0.05) is 49.9 Å². The second kappa shape index (κ2) is 7.58. The maximum absolute atomic E-state index is 14.1. The number of fused-ring (bicyclic) bond motifs is 1. The number of hydrogen-bond donors (Lipinski definition) is 0. The lowest BCUT2D eigenvalue weighted by atomic mass is 10.0. The van der Waals surface area contributed by atoms with Crippen molar-refractivity contribution in [2.75, 3.05) is 13.1 Å². The summed E-state index contributed by atoms with van der Waals surface area (Å²) in [5, 5.41) is 0. The Hall–Kier alpha value is -2.35. The van der Waals surface area contributed by atoms with Gasteiger partial charge in [0.05, 0.1) is 17.0 Å². The topological polar surface area (TPSA) is 41.4 Å². The Bertz CT molecular complexity index is 908. The van der Waals surface area contributed by atoms with Crippen molar-refractivity contribution >= 4 is 5.71 Å². The first-order valence-electron chi connectivity index (χ1n) is 9.36. The van der Waals surface area contributed by atoms with Crippen LogP contribution in [0, 0.1) is 5.82 Å². The van der Waals surface area contributed by atoms with Gasteiger partial charge >= 0.3 is 6.18 Å². The van der Waals surface area contributed by atoms with Crippen molar-refractivity contribution < 1.29 is 17.6 Å². The molecular weight excluding hydrogens is 372 g/mol. The predicted octanol–water partition coefficient (Wildman–Crippen LogP) is 4.17. The summed E-state index contributed by atoms with van der Waals surface area (Å²) in [7, 11) is 0. The zero-order valence-electron chi connectivity index (χ0n) is 15.3. The molecular formula is C20H20F4N4. The number of benzene rings is 1. The third kappa shape index (κ3) is 4.06. The van der Waals surface area contributed by atoms with Gasteiger partial charge in [0.25, 0.3) is 0 Å². The van der Waals surface area contributed by atoms with Crippen LogP contribution in [0.25, 0.3) is 0 Å². The SMILES string of the molecule is Fc1cc(C(F)(F)F)ccc1CN1CCc2nc(C3=NCCCC3)ncc2C1. The Morgan fingerprint density at radius 1 is 1.11 bits per heavy atom.